The number of H-pyrrole nitrogens is 1. The van der Waals surface area contributed by atoms with E-state index in [0.717, 1.165) is 24.8 Å². The van der Waals surface area contributed by atoms with Gasteiger partial charge in [0.2, 0.25) is 5.95 Å². The number of nitrogens with zero attached hydrogens (tertiary/aromatic N) is 3. The highest BCUT2D eigenvalue weighted by molar-refractivity contribution is 6.33. The summed E-state index contributed by atoms with van der Waals surface area (Å²) >= 11 is 6.31. The van der Waals surface area contributed by atoms with Gasteiger partial charge in [0.1, 0.15) is 5.65 Å². The highest BCUT2D eigenvalue weighted by Crippen LogP contribution is 2.36. The first-order valence-electron chi connectivity index (χ1n) is 12.4. The van der Waals surface area contributed by atoms with Crippen molar-refractivity contribution in [3.63, 3.8) is 0 Å². The third-order valence-electron chi connectivity index (χ3n) is 7.42. The molecule has 2 aliphatic rings. The number of nitrogens with one attached hydrogen (secondary N) is 2. The first kappa shape index (κ1) is 22.3. The van der Waals surface area contributed by atoms with Crippen molar-refractivity contribution in [2.75, 3.05) is 5.32 Å². The van der Waals surface area contributed by atoms with E-state index in [-0.39, 0.29) is 5.56 Å². The summed E-state index contributed by atoms with van der Waals surface area (Å²) in [6.07, 6.45) is 7.69. The maximum Gasteiger partial charge on any atom is 0.257 e. The van der Waals surface area contributed by atoms with Crippen molar-refractivity contribution in [1.29, 1.82) is 0 Å². The molecule has 4 heterocycles. The van der Waals surface area contributed by atoms with Gasteiger partial charge in [-0.15, -0.1) is 0 Å². The average molecular weight is 486 g/mol. The van der Waals surface area contributed by atoms with Gasteiger partial charge in [0.25, 0.3) is 5.56 Å². The number of pyridine rings is 1. The number of aromatic nitrogens is 3. The van der Waals surface area contributed by atoms with Crippen LogP contribution in [0.2, 0.25) is 5.02 Å². The van der Waals surface area contributed by atoms with Crippen molar-refractivity contribution in [2.45, 2.75) is 56.8 Å². The Balaban J connectivity index is 1.20. The van der Waals surface area contributed by atoms with E-state index < -0.39 is 0 Å². The number of aromatic amines is 1. The molecule has 2 aromatic carbocycles. The molecule has 6 rings (SSSR count). The summed E-state index contributed by atoms with van der Waals surface area (Å²) in [4.78, 5) is 27.6. The minimum Gasteiger partial charge on any atom is -0.351 e. The van der Waals surface area contributed by atoms with Gasteiger partial charge < -0.3 is 10.3 Å². The van der Waals surface area contributed by atoms with E-state index in [1.807, 2.05) is 24.3 Å². The minimum absolute atomic E-state index is 0.209. The number of hydrogen-bond acceptors (Lipinski definition) is 5. The third-order valence-corrected chi connectivity index (χ3v) is 7.75. The lowest BCUT2D eigenvalue weighted by Crippen LogP contribution is -2.54. The molecule has 2 aliphatic heterocycles. The van der Waals surface area contributed by atoms with Gasteiger partial charge in [-0.1, -0.05) is 66.6 Å². The molecule has 2 N–H and O–H groups in total. The molecule has 2 aromatic heterocycles. The fraction of sp³-hybridized carbons (Fsp3) is 0.321. The molecule has 35 heavy (non-hydrogen) atoms. The average Bonchev–Trinajstić information content (AvgIpc) is 2.85. The predicted octanol–water partition coefficient (Wildman–Crippen LogP) is 5.64. The monoisotopic (exact) mass is 485 g/mol. The van der Waals surface area contributed by atoms with Crippen molar-refractivity contribution in [3.8, 4) is 11.1 Å². The summed E-state index contributed by atoms with van der Waals surface area (Å²) in [5.41, 5.74) is 2.93. The van der Waals surface area contributed by atoms with Gasteiger partial charge in [0, 0.05) is 52.4 Å². The summed E-state index contributed by atoms with van der Waals surface area (Å²) in [6.45, 7) is 1.02. The highest BCUT2D eigenvalue weighted by Gasteiger charge is 2.38. The third kappa shape index (κ3) is 4.56. The molecule has 2 saturated heterocycles. The molecule has 2 atom stereocenters. The first-order valence-corrected chi connectivity index (χ1v) is 12.7. The number of halogens is 1. The normalized spacial score (nSPS) is 22.3. The summed E-state index contributed by atoms with van der Waals surface area (Å²) in [7, 11) is 0. The molecule has 2 fully saturated rings. The summed E-state index contributed by atoms with van der Waals surface area (Å²) in [6, 6.07) is 21.4. The lowest BCUT2D eigenvalue weighted by Gasteiger charge is -2.49. The molecular weight excluding hydrogens is 458 g/mol. The zero-order valence-corrected chi connectivity index (χ0v) is 20.2. The first-order chi connectivity index (χ1) is 17.1. The van der Waals surface area contributed by atoms with E-state index in [4.69, 9.17) is 11.6 Å². The smallest absolute Gasteiger partial charge is 0.257 e. The molecule has 0 amide bonds. The van der Waals surface area contributed by atoms with E-state index in [1.54, 1.807) is 12.3 Å². The Hall–Kier alpha value is -3.22. The second-order valence-electron chi connectivity index (χ2n) is 9.70. The Morgan fingerprint density at radius 2 is 1.74 bits per heavy atom. The number of benzene rings is 2. The van der Waals surface area contributed by atoms with Gasteiger partial charge in [-0.3, -0.25) is 9.69 Å². The number of fused-ring (bicyclic) bond motifs is 3. The molecule has 0 aliphatic carbocycles. The van der Waals surface area contributed by atoms with Crippen LogP contribution >= 0.6 is 11.6 Å². The molecular formula is C28H28ClN5O. The molecule has 2 bridgehead atoms. The van der Waals surface area contributed by atoms with E-state index in [1.165, 1.54) is 24.8 Å². The van der Waals surface area contributed by atoms with Crippen molar-refractivity contribution in [3.05, 3.63) is 87.8 Å². The zero-order chi connectivity index (χ0) is 23.8. The van der Waals surface area contributed by atoms with Crippen LogP contribution in [0.4, 0.5) is 5.95 Å². The van der Waals surface area contributed by atoms with E-state index in [9.17, 15) is 4.79 Å². The molecule has 0 radical (unpaired) electrons. The fourth-order valence-corrected chi connectivity index (χ4v) is 6.01. The van der Waals surface area contributed by atoms with Gasteiger partial charge in [-0.2, -0.15) is 4.98 Å². The van der Waals surface area contributed by atoms with Crippen molar-refractivity contribution < 1.29 is 0 Å². The van der Waals surface area contributed by atoms with Gasteiger partial charge >= 0.3 is 0 Å². The Kier molecular flexibility index (Phi) is 6.00. The standard InChI is InChI=1S/C28H28ClN5O/c29-25-12-5-4-11-23(25)24-13-19-16-30-28(33-26(19)32-27(24)35)31-20-14-21-9-6-10-22(15-20)34(21)17-18-7-2-1-3-8-18/h1-5,7-8,11-13,16,20-22H,6,9-10,14-15,17H2,(H2,30,31,32,33,35). The van der Waals surface area contributed by atoms with Gasteiger partial charge in [-0.05, 0) is 43.4 Å². The fourth-order valence-electron chi connectivity index (χ4n) is 5.77. The molecule has 7 heteroatoms. The largest absolute Gasteiger partial charge is 0.351 e. The Morgan fingerprint density at radius 1 is 1.00 bits per heavy atom. The van der Waals surface area contributed by atoms with Crippen LogP contribution in [0, 0.1) is 0 Å². The second kappa shape index (κ2) is 9.44. The molecule has 0 spiro atoms. The van der Waals surface area contributed by atoms with Crippen LogP contribution in [-0.2, 0) is 6.54 Å². The van der Waals surface area contributed by atoms with Crippen LogP contribution in [0.3, 0.4) is 0 Å². The van der Waals surface area contributed by atoms with Gasteiger partial charge in [0.15, 0.2) is 0 Å². The molecule has 2 unspecified atom stereocenters. The molecule has 4 aromatic rings. The van der Waals surface area contributed by atoms with Crippen LogP contribution in [0.1, 0.15) is 37.7 Å². The Bertz CT molecular complexity index is 1390. The van der Waals surface area contributed by atoms with Crippen LogP contribution in [0.25, 0.3) is 22.2 Å². The summed E-state index contributed by atoms with van der Waals surface area (Å²) in [5, 5.41) is 4.89. The number of piperidine rings is 2. The summed E-state index contributed by atoms with van der Waals surface area (Å²) < 4.78 is 0. The molecule has 0 saturated carbocycles. The van der Waals surface area contributed by atoms with Crippen LogP contribution in [0.15, 0.2) is 71.7 Å². The van der Waals surface area contributed by atoms with Crippen molar-refractivity contribution >= 4 is 28.6 Å². The lowest BCUT2D eigenvalue weighted by atomic mass is 9.81. The molecule has 6 nitrogen and oxygen atoms in total. The Morgan fingerprint density at radius 3 is 2.51 bits per heavy atom. The lowest BCUT2D eigenvalue weighted by molar-refractivity contribution is 0.0276. The maximum absolute atomic E-state index is 12.8. The molecule has 178 valence electrons. The van der Waals surface area contributed by atoms with E-state index in [2.05, 4.69) is 55.5 Å². The van der Waals surface area contributed by atoms with Gasteiger partial charge in [0.05, 0.1) is 0 Å². The quantitative estimate of drug-likeness (QED) is 0.383. The van der Waals surface area contributed by atoms with Crippen LogP contribution < -0.4 is 10.9 Å². The van der Waals surface area contributed by atoms with Crippen molar-refractivity contribution in [1.82, 2.24) is 19.9 Å². The number of rotatable bonds is 5. The van der Waals surface area contributed by atoms with Crippen molar-refractivity contribution in [2.24, 2.45) is 0 Å². The predicted molar refractivity (Wildman–Crippen MR) is 141 cm³/mol. The van der Waals surface area contributed by atoms with Gasteiger partial charge in [-0.25, -0.2) is 4.98 Å². The van der Waals surface area contributed by atoms with Crippen LogP contribution in [0.5, 0.6) is 0 Å². The maximum atomic E-state index is 12.8. The minimum atomic E-state index is -0.209. The van der Waals surface area contributed by atoms with E-state index in [0.29, 0.717) is 45.9 Å². The second-order valence-corrected chi connectivity index (χ2v) is 10.1. The topological polar surface area (TPSA) is 73.9 Å². The SMILES string of the molecule is O=c1[nH]c2nc(NC3CC4CCCC(C3)N4Cc3ccccc3)ncc2cc1-c1ccccc1Cl. The summed E-state index contributed by atoms with van der Waals surface area (Å²) in [5.74, 6) is 0.568. The Labute approximate surface area is 209 Å². The number of hydrogen-bond donors (Lipinski definition) is 2. The van der Waals surface area contributed by atoms with Crippen LogP contribution in [-0.4, -0.2) is 38.0 Å². The van der Waals surface area contributed by atoms with E-state index >= 15 is 0 Å². The zero-order valence-electron chi connectivity index (χ0n) is 19.5. The number of anilines is 1. The highest BCUT2D eigenvalue weighted by atomic mass is 35.5.